The summed E-state index contributed by atoms with van der Waals surface area (Å²) in [5, 5.41) is 0. The van der Waals surface area contributed by atoms with Crippen LogP contribution in [-0.4, -0.2) is 6.71 Å². The maximum absolute atomic E-state index is 2.54. The summed E-state index contributed by atoms with van der Waals surface area (Å²) in [5.74, 6) is 0. The molecular formula is C66H45BN2. The Bertz CT molecular complexity index is 3440. The van der Waals surface area contributed by atoms with Crippen molar-refractivity contribution in [2.24, 2.45) is 0 Å². The van der Waals surface area contributed by atoms with Crippen molar-refractivity contribution in [2.45, 2.75) is 0 Å². The normalized spacial score (nSPS) is 12.3. The summed E-state index contributed by atoms with van der Waals surface area (Å²) >= 11 is 0. The van der Waals surface area contributed by atoms with Crippen LogP contribution in [0.3, 0.4) is 0 Å². The van der Waals surface area contributed by atoms with Gasteiger partial charge in [-0.3, -0.25) is 0 Å². The molecule has 0 unspecified atom stereocenters. The minimum Gasteiger partial charge on any atom is -0.311 e. The van der Waals surface area contributed by atoms with Gasteiger partial charge in [0, 0.05) is 33.9 Å². The van der Waals surface area contributed by atoms with Crippen molar-refractivity contribution in [1.82, 2.24) is 0 Å². The first-order valence-electron chi connectivity index (χ1n) is 23.9. The minimum absolute atomic E-state index is 0.103. The van der Waals surface area contributed by atoms with Crippen molar-refractivity contribution in [3.05, 3.63) is 273 Å². The van der Waals surface area contributed by atoms with Crippen molar-refractivity contribution in [2.75, 3.05) is 9.80 Å². The average Bonchev–Trinajstić information content (AvgIpc) is 3.44. The molecule has 0 bridgehead atoms. The number of para-hydroxylation sites is 2. The zero-order valence-corrected chi connectivity index (χ0v) is 38.0. The second kappa shape index (κ2) is 17.1. The quantitative estimate of drug-likeness (QED) is 0.140. The monoisotopic (exact) mass is 876 g/mol. The van der Waals surface area contributed by atoms with E-state index in [0.717, 1.165) is 11.4 Å². The molecule has 0 saturated carbocycles. The van der Waals surface area contributed by atoms with Crippen LogP contribution in [0, 0.1) is 0 Å². The van der Waals surface area contributed by atoms with Gasteiger partial charge >= 0.3 is 0 Å². The molecule has 0 atom stereocenters. The molecule has 2 nitrogen and oxygen atoms in total. The summed E-state index contributed by atoms with van der Waals surface area (Å²) in [7, 11) is 0. The Morgan fingerprint density at radius 1 is 0.203 bits per heavy atom. The third-order valence-electron chi connectivity index (χ3n) is 14.1. The van der Waals surface area contributed by atoms with Gasteiger partial charge in [-0.2, -0.15) is 0 Å². The van der Waals surface area contributed by atoms with Gasteiger partial charge in [-0.1, -0.05) is 237 Å². The minimum atomic E-state index is -0.103. The summed E-state index contributed by atoms with van der Waals surface area (Å²) in [4.78, 5) is 5.08. The van der Waals surface area contributed by atoms with E-state index < -0.39 is 0 Å². The fourth-order valence-electron chi connectivity index (χ4n) is 11.1. The molecule has 2 heterocycles. The largest absolute Gasteiger partial charge is 0.311 e. The van der Waals surface area contributed by atoms with Crippen molar-refractivity contribution in [3.8, 4) is 66.8 Å². The van der Waals surface area contributed by atoms with Crippen LogP contribution < -0.4 is 26.2 Å². The van der Waals surface area contributed by atoms with E-state index in [1.54, 1.807) is 0 Å². The highest BCUT2D eigenvalue weighted by Crippen LogP contribution is 2.49. The highest BCUT2D eigenvalue weighted by atomic mass is 15.2. The molecule has 3 heteroatoms. The topological polar surface area (TPSA) is 6.48 Å². The number of rotatable bonds is 8. The van der Waals surface area contributed by atoms with Gasteiger partial charge in [-0.15, -0.1) is 0 Å². The van der Waals surface area contributed by atoms with Gasteiger partial charge in [0.1, 0.15) is 0 Å². The Kier molecular flexibility index (Phi) is 9.98. The van der Waals surface area contributed by atoms with Gasteiger partial charge < -0.3 is 9.80 Å². The lowest BCUT2D eigenvalue weighted by Gasteiger charge is -2.45. The molecule has 0 fully saturated rings. The third kappa shape index (κ3) is 6.90. The van der Waals surface area contributed by atoms with Crippen molar-refractivity contribution >= 4 is 57.2 Å². The number of anilines is 6. The lowest BCUT2D eigenvalue weighted by atomic mass is 9.33. The number of benzene rings is 11. The molecule has 69 heavy (non-hydrogen) atoms. The number of hydrogen-bond donors (Lipinski definition) is 0. The van der Waals surface area contributed by atoms with E-state index in [0.29, 0.717) is 0 Å². The molecule has 0 aromatic heterocycles. The van der Waals surface area contributed by atoms with Gasteiger partial charge in [0.2, 0.25) is 0 Å². The lowest BCUT2D eigenvalue weighted by molar-refractivity contribution is 1.25. The first-order valence-corrected chi connectivity index (χ1v) is 23.9. The Morgan fingerprint density at radius 3 is 0.870 bits per heavy atom. The maximum atomic E-state index is 2.54. The van der Waals surface area contributed by atoms with Crippen molar-refractivity contribution in [1.29, 1.82) is 0 Å². The highest BCUT2D eigenvalue weighted by molar-refractivity contribution is 7.00. The number of nitrogens with zero attached hydrogens (tertiary/aromatic N) is 2. The Morgan fingerprint density at radius 2 is 0.493 bits per heavy atom. The van der Waals surface area contributed by atoms with E-state index in [4.69, 9.17) is 0 Å². The fourth-order valence-corrected chi connectivity index (χ4v) is 11.1. The molecule has 322 valence electrons. The van der Waals surface area contributed by atoms with E-state index in [2.05, 4.69) is 283 Å². The van der Waals surface area contributed by atoms with E-state index in [9.17, 15) is 0 Å². The summed E-state index contributed by atoms with van der Waals surface area (Å²) in [6.07, 6.45) is 0. The molecule has 13 rings (SSSR count). The summed E-state index contributed by atoms with van der Waals surface area (Å²) in [6, 6.07) is 100. The van der Waals surface area contributed by atoms with E-state index in [-0.39, 0.29) is 6.71 Å². The summed E-state index contributed by atoms with van der Waals surface area (Å²) in [5.41, 5.74) is 25.2. The van der Waals surface area contributed by atoms with Gasteiger partial charge in [0.05, 0.1) is 11.4 Å². The molecule has 11 aromatic carbocycles. The average molecular weight is 877 g/mol. The Labute approximate surface area is 404 Å². The van der Waals surface area contributed by atoms with Crippen LogP contribution in [0.15, 0.2) is 273 Å². The fraction of sp³-hybridized carbons (Fsp3) is 0. The van der Waals surface area contributed by atoms with Crippen LogP contribution in [0.5, 0.6) is 0 Å². The maximum Gasteiger partial charge on any atom is 0.252 e. The molecule has 11 aromatic rings. The van der Waals surface area contributed by atoms with E-state index in [1.807, 2.05) is 0 Å². The third-order valence-corrected chi connectivity index (χ3v) is 14.1. The number of fused-ring (bicyclic) bond motifs is 4. The zero-order chi connectivity index (χ0) is 45.7. The van der Waals surface area contributed by atoms with Gasteiger partial charge in [0.25, 0.3) is 6.71 Å². The van der Waals surface area contributed by atoms with Crippen LogP contribution in [0.4, 0.5) is 34.1 Å². The molecule has 0 N–H and O–H groups in total. The van der Waals surface area contributed by atoms with E-state index >= 15 is 0 Å². The molecule has 0 amide bonds. The van der Waals surface area contributed by atoms with Crippen LogP contribution >= 0.6 is 0 Å². The zero-order valence-electron chi connectivity index (χ0n) is 38.0. The van der Waals surface area contributed by atoms with Crippen LogP contribution in [-0.2, 0) is 0 Å². The second-order valence-corrected chi connectivity index (χ2v) is 18.0. The van der Waals surface area contributed by atoms with Crippen molar-refractivity contribution in [3.63, 3.8) is 0 Å². The SMILES string of the molecule is c1ccc(-c2ccccc2-c2ccc3c(c2)B2c4cc(-c5ccccc5-c5ccccc5)ccc4N(c4ccccc4-c4ccccc4)c4cccc(c42)N3c2ccccc2-c2ccccc2)cc1. The molecule has 2 aliphatic rings. The Balaban J connectivity index is 1.12. The molecule has 0 spiro atoms. The lowest BCUT2D eigenvalue weighted by Crippen LogP contribution is -2.61. The molecule has 0 radical (unpaired) electrons. The first kappa shape index (κ1) is 40.4. The van der Waals surface area contributed by atoms with E-state index in [1.165, 1.54) is 106 Å². The smallest absolute Gasteiger partial charge is 0.252 e. The molecule has 0 aliphatic carbocycles. The Hall–Kier alpha value is -8.92. The predicted octanol–water partition coefficient (Wildman–Crippen LogP) is 15.8. The molecule has 0 saturated heterocycles. The molecule has 2 aliphatic heterocycles. The van der Waals surface area contributed by atoms with Crippen molar-refractivity contribution < 1.29 is 0 Å². The van der Waals surface area contributed by atoms with Gasteiger partial charge in [0.15, 0.2) is 0 Å². The molecular weight excluding hydrogens is 832 g/mol. The number of hydrogen-bond acceptors (Lipinski definition) is 2. The predicted molar refractivity (Wildman–Crippen MR) is 293 cm³/mol. The summed E-state index contributed by atoms with van der Waals surface area (Å²) < 4.78 is 0. The standard InChI is InChI=1S/C66H45BN2/c1-5-22-46(23-6-1)52-30-13-15-32-54(52)50-40-42-62-58(44-50)67-59-45-51(55-33-16-14-31-53(55)47-24-7-2-8-25-47)41-43-63(59)69(61-37-20-18-35-57(61)49-28-11-4-12-29-49)65-39-21-38-64(66(65)67)68(62)60-36-19-17-34-56(60)48-26-9-3-10-27-48/h1-45H. The van der Waals surface area contributed by atoms with Crippen LogP contribution in [0.2, 0.25) is 0 Å². The van der Waals surface area contributed by atoms with Crippen LogP contribution in [0.1, 0.15) is 0 Å². The van der Waals surface area contributed by atoms with Crippen LogP contribution in [0.25, 0.3) is 66.8 Å². The van der Waals surface area contributed by atoms with Gasteiger partial charge in [-0.25, -0.2) is 0 Å². The second-order valence-electron chi connectivity index (χ2n) is 18.0. The first-order chi connectivity index (χ1) is 34.3. The summed E-state index contributed by atoms with van der Waals surface area (Å²) in [6.45, 7) is -0.103. The highest BCUT2D eigenvalue weighted by Gasteiger charge is 2.44. The van der Waals surface area contributed by atoms with Gasteiger partial charge in [-0.05, 0) is 108 Å².